The van der Waals surface area contributed by atoms with Crippen LogP contribution in [0.3, 0.4) is 0 Å². The van der Waals surface area contributed by atoms with Crippen molar-refractivity contribution in [3.63, 3.8) is 0 Å². The summed E-state index contributed by atoms with van der Waals surface area (Å²) in [5.41, 5.74) is 1.90. The van der Waals surface area contributed by atoms with Gasteiger partial charge in [-0.2, -0.15) is 13.2 Å². The van der Waals surface area contributed by atoms with Gasteiger partial charge < -0.3 is 5.11 Å². The van der Waals surface area contributed by atoms with Crippen molar-refractivity contribution in [3.05, 3.63) is 68.7 Å². The van der Waals surface area contributed by atoms with E-state index in [9.17, 15) is 18.3 Å². The minimum atomic E-state index is -4.43. The van der Waals surface area contributed by atoms with E-state index in [0.717, 1.165) is 23.3 Å². The number of alkyl halides is 3. The molecule has 0 saturated heterocycles. The van der Waals surface area contributed by atoms with Gasteiger partial charge in [-0.25, -0.2) is 0 Å². The predicted molar refractivity (Wildman–Crippen MR) is 79.1 cm³/mol. The third-order valence-electron chi connectivity index (χ3n) is 3.34. The number of hydrogen-bond acceptors (Lipinski definition) is 1. The van der Waals surface area contributed by atoms with Gasteiger partial charge in [-0.05, 0) is 48.7 Å². The minimum Gasteiger partial charge on any atom is -0.384 e. The van der Waals surface area contributed by atoms with E-state index in [1.807, 2.05) is 26.0 Å². The average Bonchev–Trinajstić information content (AvgIpc) is 2.37. The lowest BCUT2D eigenvalue weighted by Crippen LogP contribution is -2.09. The molecule has 0 fully saturated rings. The van der Waals surface area contributed by atoms with E-state index in [1.165, 1.54) is 6.07 Å². The molecule has 0 aliphatic carbocycles. The quantitative estimate of drug-likeness (QED) is 0.785. The maximum Gasteiger partial charge on any atom is 0.416 e. The van der Waals surface area contributed by atoms with Crippen LogP contribution in [0.15, 0.2) is 40.9 Å². The van der Waals surface area contributed by atoms with E-state index in [1.54, 1.807) is 6.07 Å². The number of hydrogen-bond donors (Lipinski definition) is 1. The Hall–Kier alpha value is -1.33. The molecule has 2 rings (SSSR count). The molecular formula is C16H14BrF3O. The van der Waals surface area contributed by atoms with Crippen LogP contribution in [0.1, 0.15) is 33.9 Å². The summed E-state index contributed by atoms with van der Waals surface area (Å²) in [4.78, 5) is 0. The number of aliphatic hydroxyl groups excluding tert-OH is 1. The second kappa shape index (κ2) is 5.81. The van der Waals surface area contributed by atoms with E-state index in [2.05, 4.69) is 15.9 Å². The largest absolute Gasteiger partial charge is 0.416 e. The Balaban J connectivity index is 2.50. The maximum absolute atomic E-state index is 12.8. The Bertz CT molecular complexity index is 665. The fraction of sp³-hybridized carbons (Fsp3) is 0.250. The molecular weight excluding hydrogens is 345 g/mol. The summed E-state index contributed by atoms with van der Waals surface area (Å²) in [5.74, 6) is 0. The van der Waals surface area contributed by atoms with Gasteiger partial charge in [0, 0.05) is 4.47 Å². The molecule has 0 aliphatic rings. The molecule has 0 amide bonds. The summed E-state index contributed by atoms with van der Waals surface area (Å²) in [6.45, 7) is 3.75. The van der Waals surface area contributed by atoms with E-state index >= 15 is 0 Å². The number of aryl methyl sites for hydroxylation is 2. The standard InChI is InChI=1S/C16H14BrF3O/c1-9-3-5-12(10(2)7-9)15(21)13-8-11(16(18,19)20)4-6-14(13)17/h3-8,15,21H,1-2H3. The Morgan fingerprint density at radius 1 is 1.00 bits per heavy atom. The van der Waals surface area contributed by atoms with Crippen LogP contribution >= 0.6 is 15.9 Å². The summed E-state index contributed by atoms with van der Waals surface area (Å²) in [6.07, 6.45) is -5.54. The summed E-state index contributed by atoms with van der Waals surface area (Å²) in [5, 5.41) is 10.4. The molecule has 2 aromatic carbocycles. The molecule has 0 spiro atoms. The van der Waals surface area contributed by atoms with Crippen LogP contribution in [0.4, 0.5) is 13.2 Å². The van der Waals surface area contributed by atoms with Gasteiger partial charge in [0.25, 0.3) is 0 Å². The Morgan fingerprint density at radius 2 is 1.67 bits per heavy atom. The van der Waals surface area contributed by atoms with E-state index in [-0.39, 0.29) is 5.56 Å². The van der Waals surface area contributed by atoms with Crippen LogP contribution < -0.4 is 0 Å². The number of aliphatic hydroxyl groups is 1. The van der Waals surface area contributed by atoms with E-state index in [4.69, 9.17) is 0 Å². The van der Waals surface area contributed by atoms with Crippen molar-refractivity contribution in [2.75, 3.05) is 0 Å². The van der Waals surface area contributed by atoms with Crippen molar-refractivity contribution in [3.8, 4) is 0 Å². The molecule has 0 heterocycles. The van der Waals surface area contributed by atoms with Crippen LogP contribution in [0.25, 0.3) is 0 Å². The molecule has 0 bridgehead atoms. The molecule has 1 nitrogen and oxygen atoms in total. The molecule has 21 heavy (non-hydrogen) atoms. The molecule has 2 aromatic rings. The van der Waals surface area contributed by atoms with Gasteiger partial charge >= 0.3 is 6.18 Å². The highest BCUT2D eigenvalue weighted by molar-refractivity contribution is 9.10. The highest BCUT2D eigenvalue weighted by Gasteiger charge is 2.31. The fourth-order valence-electron chi connectivity index (χ4n) is 2.23. The van der Waals surface area contributed by atoms with Gasteiger partial charge in [-0.1, -0.05) is 39.7 Å². The smallest absolute Gasteiger partial charge is 0.384 e. The molecule has 0 radical (unpaired) electrons. The summed E-state index contributed by atoms with van der Waals surface area (Å²) < 4.78 is 38.8. The highest BCUT2D eigenvalue weighted by atomic mass is 79.9. The number of halogens is 4. The fourth-order valence-corrected chi connectivity index (χ4v) is 2.69. The van der Waals surface area contributed by atoms with E-state index in [0.29, 0.717) is 10.0 Å². The van der Waals surface area contributed by atoms with Crippen LogP contribution in [-0.2, 0) is 6.18 Å². The summed E-state index contributed by atoms with van der Waals surface area (Å²) >= 11 is 3.21. The normalized spacial score (nSPS) is 13.3. The van der Waals surface area contributed by atoms with Crippen molar-refractivity contribution < 1.29 is 18.3 Å². The lowest BCUT2D eigenvalue weighted by Gasteiger charge is -2.18. The first-order valence-corrected chi connectivity index (χ1v) is 7.11. The molecule has 1 N–H and O–H groups in total. The first-order chi connectivity index (χ1) is 9.70. The molecule has 0 aliphatic heterocycles. The molecule has 112 valence electrons. The third kappa shape index (κ3) is 3.47. The van der Waals surface area contributed by atoms with Crippen LogP contribution in [0.5, 0.6) is 0 Å². The first kappa shape index (κ1) is 16.0. The molecule has 1 unspecified atom stereocenters. The van der Waals surface area contributed by atoms with Gasteiger partial charge in [-0.15, -0.1) is 0 Å². The highest BCUT2D eigenvalue weighted by Crippen LogP contribution is 2.36. The van der Waals surface area contributed by atoms with Crippen molar-refractivity contribution in [2.45, 2.75) is 26.1 Å². The number of benzene rings is 2. The third-order valence-corrected chi connectivity index (χ3v) is 4.06. The molecule has 0 saturated carbocycles. The zero-order valence-corrected chi connectivity index (χ0v) is 13.1. The minimum absolute atomic E-state index is 0.205. The van der Waals surface area contributed by atoms with Gasteiger partial charge in [0.15, 0.2) is 0 Å². The number of rotatable bonds is 2. The maximum atomic E-state index is 12.8. The zero-order valence-electron chi connectivity index (χ0n) is 11.5. The lowest BCUT2D eigenvalue weighted by atomic mass is 9.95. The topological polar surface area (TPSA) is 20.2 Å². The van der Waals surface area contributed by atoms with Crippen LogP contribution in [0, 0.1) is 13.8 Å². The summed E-state index contributed by atoms with van der Waals surface area (Å²) in [6, 6.07) is 8.73. The predicted octanol–water partition coefficient (Wildman–Crippen LogP) is 5.17. The lowest BCUT2D eigenvalue weighted by molar-refractivity contribution is -0.137. The molecule has 0 aromatic heterocycles. The SMILES string of the molecule is Cc1ccc(C(O)c2cc(C(F)(F)F)ccc2Br)c(C)c1. The van der Waals surface area contributed by atoms with E-state index < -0.39 is 17.8 Å². The average molecular weight is 359 g/mol. The molecule has 1 atom stereocenters. The summed E-state index contributed by atoms with van der Waals surface area (Å²) in [7, 11) is 0. The first-order valence-electron chi connectivity index (χ1n) is 6.32. The molecule has 5 heteroatoms. The Morgan fingerprint density at radius 3 is 2.24 bits per heavy atom. The van der Waals surface area contributed by atoms with Crippen LogP contribution in [0.2, 0.25) is 0 Å². The van der Waals surface area contributed by atoms with Gasteiger partial charge in [0.1, 0.15) is 6.10 Å². The van der Waals surface area contributed by atoms with Gasteiger partial charge in [0.2, 0.25) is 0 Å². The second-order valence-corrected chi connectivity index (χ2v) is 5.85. The van der Waals surface area contributed by atoms with Crippen molar-refractivity contribution in [1.82, 2.24) is 0 Å². The van der Waals surface area contributed by atoms with Gasteiger partial charge in [-0.3, -0.25) is 0 Å². The van der Waals surface area contributed by atoms with Crippen molar-refractivity contribution in [1.29, 1.82) is 0 Å². The zero-order chi connectivity index (χ0) is 15.8. The Kier molecular flexibility index (Phi) is 4.44. The second-order valence-electron chi connectivity index (χ2n) is 5.00. The van der Waals surface area contributed by atoms with Gasteiger partial charge in [0.05, 0.1) is 5.56 Å². The van der Waals surface area contributed by atoms with Crippen molar-refractivity contribution >= 4 is 15.9 Å². The van der Waals surface area contributed by atoms with Crippen molar-refractivity contribution in [2.24, 2.45) is 0 Å². The van der Waals surface area contributed by atoms with Crippen LogP contribution in [-0.4, -0.2) is 5.11 Å². The monoisotopic (exact) mass is 358 g/mol. The Labute approximate surface area is 129 Å².